The van der Waals surface area contributed by atoms with Crippen LogP contribution in [0.1, 0.15) is 13.3 Å². The Morgan fingerprint density at radius 1 is 1.64 bits per heavy atom. The average Bonchev–Trinajstić information content (AvgIpc) is 1.97. The van der Waals surface area contributed by atoms with Gasteiger partial charge in [0.2, 0.25) is 0 Å². The minimum absolute atomic E-state index is 0.305. The van der Waals surface area contributed by atoms with Gasteiger partial charge in [-0.15, -0.1) is 0 Å². The van der Waals surface area contributed by atoms with E-state index in [1.807, 2.05) is 7.05 Å². The highest BCUT2D eigenvalue weighted by atomic mass is 16.5. The van der Waals surface area contributed by atoms with Crippen LogP contribution in [0.2, 0.25) is 0 Å². The van der Waals surface area contributed by atoms with Crippen molar-refractivity contribution in [3.05, 3.63) is 12.2 Å². The number of ether oxygens (including phenoxy) is 1. The zero-order valence-electron chi connectivity index (χ0n) is 7.14. The van der Waals surface area contributed by atoms with Crippen molar-refractivity contribution >= 4 is 5.97 Å². The highest BCUT2D eigenvalue weighted by Gasteiger charge is 2.00. The molecule has 1 N–H and O–H groups in total. The molecule has 0 aliphatic carbocycles. The Hall–Kier alpha value is -0.830. The monoisotopic (exact) mass is 157 g/mol. The molecule has 0 atom stereocenters. The lowest BCUT2D eigenvalue weighted by atomic mass is 10.3. The summed E-state index contributed by atoms with van der Waals surface area (Å²) >= 11 is 0. The van der Waals surface area contributed by atoms with Crippen molar-refractivity contribution in [3.8, 4) is 0 Å². The minimum atomic E-state index is -0.305. The molecule has 0 saturated carbocycles. The average molecular weight is 157 g/mol. The fourth-order valence-corrected chi connectivity index (χ4v) is 0.537. The molecule has 0 unspecified atom stereocenters. The Kier molecular flexibility index (Phi) is 5.47. The van der Waals surface area contributed by atoms with Crippen LogP contribution in [0, 0.1) is 0 Å². The third-order valence-electron chi connectivity index (χ3n) is 1.15. The van der Waals surface area contributed by atoms with Gasteiger partial charge in [-0.25, -0.2) is 4.79 Å². The molecule has 0 radical (unpaired) electrons. The molecule has 3 heteroatoms. The maximum absolute atomic E-state index is 10.8. The lowest BCUT2D eigenvalue weighted by molar-refractivity contribution is -0.138. The van der Waals surface area contributed by atoms with Gasteiger partial charge in [0.15, 0.2) is 0 Å². The largest absolute Gasteiger partial charge is 0.462 e. The number of hydrogen-bond donors (Lipinski definition) is 1. The van der Waals surface area contributed by atoms with E-state index < -0.39 is 0 Å². The predicted molar refractivity (Wildman–Crippen MR) is 44.3 cm³/mol. The summed E-state index contributed by atoms with van der Waals surface area (Å²) in [5, 5.41) is 2.96. The second-order valence-corrected chi connectivity index (χ2v) is 2.37. The highest BCUT2D eigenvalue weighted by molar-refractivity contribution is 5.86. The quantitative estimate of drug-likeness (QED) is 0.363. The molecule has 0 heterocycles. The predicted octanol–water partition coefficient (Wildman–Crippen LogP) is 0.715. The van der Waals surface area contributed by atoms with Gasteiger partial charge < -0.3 is 10.1 Å². The molecule has 0 amide bonds. The molecule has 0 aromatic carbocycles. The summed E-state index contributed by atoms with van der Waals surface area (Å²) in [7, 11) is 1.86. The Morgan fingerprint density at radius 3 is 2.73 bits per heavy atom. The van der Waals surface area contributed by atoms with E-state index in [4.69, 9.17) is 4.74 Å². The number of esters is 1. The van der Waals surface area contributed by atoms with E-state index >= 15 is 0 Å². The van der Waals surface area contributed by atoms with Crippen LogP contribution in [0.3, 0.4) is 0 Å². The topological polar surface area (TPSA) is 38.3 Å². The number of carbonyl (C=O) groups is 1. The second kappa shape index (κ2) is 5.92. The number of carbonyl (C=O) groups excluding carboxylic acids is 1. The van der Waals surface area contributed by atoms with Gasteiger partial charge in [-0.2, -0.15) is 0 Å². The summed E-state index contributed by atoms with van der Waals surface area (Å²) in [6.45, 7) is 6.43. The van der Waals surface area contributed by atoms with Crippen LogP contribution in [0.15, 0.2) is 12.2 Å². The number of nitrogens with one attached hydrogen (secondary N) is 1. The number of rotatable bonds is 5. The summed E-state index contributed by atoms with van der Waals surface area (Å²) in [6, 6.07) is 0. The van der Waals surface area contributed by atoms with E-state index in [2.05, 4.69) is 11.9 Å². The first-order valence-electron chi connectivity index (χ1n) is 3.65. The maximum Gasteiger partial charge on any atom is 0.333 e. The van der Waals surface area contributed by atoms with Gasteiger partial charge in [0.25, 0.3) is 0 Å². The smallest absolute Gasteiger partial charge is 0.333 e. The second-order valence-electron chi connectivity index (χ2n) is 2.37. The van der Waals surface area contributed by atoms with Crippen LogP contribution in [0.4, 0.5) is 0 Å². The molecule has 64 valence electrons. The zero-order chi connectivity index (χ0) is 8.69. The third-order valence-corrected chi connectivity index (χ3v) is 1.15. The van der Waals surface area contributed by atoms with Crippen LogP contribution in [-0.2, 0) is 9.53 Å². The van der Waals surface area contributed by atoms with Gasteiger partial charge in [0, 0.05) is 5.57 Å². The fourth-order valence-electron chi connectivity index (χ4n) is 0.537. The lowest BCUT2D eigenvalue weighted by Gasteiger charge is -2.02. The van der Waals surface area contributed by atoms with Crippen LogP contribution in [0.5, 0.6) is 0 Å². The van der Waals surface area contributed by atoms with Crippen molar-refractivity contribution in [3.63, 3.8) is 0 Å². The lowest BCUT2D eigenvalue weighted by Crippen LogP contribution is -2.13. The van der Waals surface area contributed by atoms with Crippen LogP contribution in [0.25, 0.3) is 0 Å². The van der Waals surface area contributed by atoms with E-state index in [1.165, 1.54) is 0 Å². The van der Waals surface area contributed by atoms with Gasteiger partial charge in [0.1, 0.15) is 0 Å². The summed E-state index contributed by atoms with van der Waals surface area (Å²) in [5.74, 6) is -0.305. The van der Waals surface area contributed by atoms with Gasteiger partial charge >= 0.3 is 5.97 Å². The van der Waals surface area contributed by atoms with Crippen molar-refractivity contribution in [2.24, 2.45) is 0 Å². The molecule has 0 aliphatic rings. The maximum atomic E-state index is 10.8. The molecule has 0 bridgehead atoms. The Bertz CT molecular complexity index is 143. The van der Waals surface area contributed by atoms with Gasteiger partial charge in [0.05, 0.1) is 6.61 Å². The van der Waals surface area contributed by atoms with E-state index in [0.717, 1.165) is 13.0 Å². The molecule has 3 nitrogen and oxygen atoms in total. The molecule has 0 aliphatic heterocycles. The Morgan fingerprint density at radius 2 is 2.27 bits per heavy atom. The summed E-state index contributed by atoms with van der Waals surface area (Å²) < 4.78 is 4.83. The first-order chi connectivity index (χ1) is 5.18. The third kappa shape index (κ3) is 5.61. The van der Waals surface area contributed by atoms with Gasteiger partial charge in [-0.05, 0) is 26.9 Å². The van der Waals surface area contributed by atoms with Crippen LogP contribution >= 0.6 is 0 Å². The highest BCUT2D eigenvalue weighted by Crippen LogP contribution is 1.92. The first kappa shape index (κ1) is 10.2. The molecule has 0 aromatic rings. The van der Waals surface area contributed by atoms with E-state index in [0.29, 0.717) is 12.2 Å². The molecule has 0 saturated heterocycles. The van der Waals surface area contributed by atoms with Gasteiger partial charge in [-0.3, -0.25) is 0 Å². The SMILES string of the molecule is C=C(C)C(=O)OCCCNC. The van der Waals surface area contributed by atoms with E-state index in [-0.39, 0.29) is 5.97 Å². The molecule has 0 spiro atoms. The van der Waals surface area contributed by atoms with Crippen molar-refractivity contribution in [1.82, 2.24) is 5.32 Å². The zero-order valence-corrected chi connectivity index (χ0v) is 7.14. The standard InChI is InChI=1S/C8H15NO2/c1-7(2)8(10)11-6-4-5-9-3/h9H,1,4-6H2,2-3H3. The molecule has 11 heavy (non-hydrogen) atoms. The summed E-state index contributed by atoms with van der Waals surface area (Å²) in [6.07, 6.45) is 0.843. The molecular formula is C8H15NO2. The molecular weight excluding hydrogens is 142 g/mol. The minimum Gasteiger partial charge on any atom is -0.462 e. The molecule has 0 fully saturated rings. The first-order valence-corrected chi connectivity index (χ1v) is 3.65. The van der Waals surface area contributed by atoms with Crippen molar-refractivity contribution in [2.75, 3.05) is 20.2 Å². The Balaban J connectivity index is 3.25. The van der Waals surface area contributed by atoms with E-state index in [9.17, 15) is 4.79 Å². The van der Waals surface area contributed by atoms with Crippen molar-refractivity contribution in [2.45, 2.75) is 13.3 Å². The Labute approximate surface area is 67.4 Å². The van der Waals surface area contributed by atoms with Crippen LogP contribution in [-0.4, -0.2) is 26.2 Å². The molecule has 0 aromatic heterocycles. The van der Waals surface area contributed by atoms with E-state index in [1.54, 1.807) is 6.92 Å². The molecule has 0 rings (SSSR count). The van der Waals surface area contributed by atoms with Gasteiger partial charge in [-0.1, -0.05) is 6.58 Å². The number of hydrogen-bond acceptors (Lipinski definition) is 3. The normalized spacial score (nSPS) is 9.27. The van der Waals surface area contributed by atoms with Crippen molar-refractivity contribution in [1.29, 1.82) is 0 Å². The summed E-state index contributed by atoms with van der Waals surface area (Å²) in [4.78, 5) is 10.8. The van der Waals surface area contributed by atoms with Crippen molar-refractivity contribution < 1.29 is 9.53 Å². The summed E-state index contributed by atoms with van der Waals surface area (Å²) in [5.41, 5.74) is 0.453. The van der Waals surface area contributed by atoms with Crippen LogP contribution < -0.4 is 5.32 Å². The fraction of sp³-hybridized carbons (Fsp3) is 0.625.